The minimum Gasteiger partial charge on any atom is -0.497 e. The maximum Gasteiger partial charge on any atom is 0.339 e. The molecule has 0 bridgehead atoms. The van der Waals surface area contributed by atoms with Crippen LogP contribution in [0.25, 0.3) is 6.08 Å². The molecule has 2 aliphatic heterocycles. The fourth-order valence-corrected chi connectivity index (χ4v) is 5.37. The number of benzene rings is 1. The lowest BCUT2D eigenvalue weighted by Crippen LogP contribution is -2.62. The van der Waals surface area contributed by atoms with Crippen LogP contribution >= 0.6 is 0 Å². The lowest BCUT2D eigenvalue weighted by atomic mass is 9.77. The number of fused-ring (bicyclic) bond motifs is 1. The van der Waals surface area contributed by atoms with E-state index >= 15 is 0 Å². The zero-order valence-corrected chi connectivity index (χ0v) is 22.5. The minimum absolute atomic E-state index is 0.383. The number of carbonyl (C=O) groups is 2. The molecule has 4 rings (SSSR count). The second-order valence-corrected chi connectivity index (χ2v) is 10.2. The van der Waals surface area contributed by atoms with E-state index in [1.807, 2.05) is 0 Å². The summed E-state index contributed by atoms with van der Waals surface area (Å²) in [7, 11) is 2.60. The molecule has 10 atom stereocenters. The number of hydrogen-bond acceptors (Lipinski definition) is 14. The van der Waals surface area contributed by atoms with Gasteiger partial charge in [0.15, 0.2) is 6.29 Å². The largest absolute Gasteiger partial charge is 0.497 e. The Kier molecular flexibility index (Phi) is 9.06. The molecule has 1 aromatic rings. The third-order valence-electron chi connectivity index (χ3n) is 7.66. The van der Waals surface area contributed by atoms with Crippen LogP contribution in [0.4, 0.5) is 0 Å². The monoisotopic (exact) mass is 582 g/mol. The van der Waals surface area contributed by atoms with Crippen molar-refractivity contribution < 1.29 is 68.6 Å². The summed E-state index contributed by atoms with van der Waals surface area (Å²) in [6, 6.07) is 6.81. The van der Waals surface area contributed by atoms with E-state index in [0.29, 0.717) is 11.3 Å². The summed E-state index contributed by atoms with van der Waals surface area (Å²) in [4.78, 5) is 25.3. The maximum atomic E-state index is 12.7. The zero-order chi connectivity index (χ0) is 30.1. The number of esters is 2. The van der Waals surface area contributed by atoms with Crippen molar-refractivity contribution in [2.24, 2.45) is 5.92 Å². The van der Waals surface area contributed by atoms with E-state index in [0.717, 1.165) is 19.4 Å². The van der Waals surface area contributed by atoms with Crippen molar-refractivity contribution in [2.45, 2.75) is 67.6 Å². The van der Waals surface area contributed by atoms with Crippen molar-refractivity contribution in [1.82, 2.24) is 0 Å². The lowest BCUT2D eigenvalue weighted by Gasteiger charge is -2.46. The standard InChI is InChI=1S/C27H34O14/c1-26(34)17(40-18(29)9-6-13-4-7-14(36-2)8-5-13)10-27(35)15(23(33)37-3)12-38-25(22(26)27)41-24-21(32)20(31)19(30)16(11-28)39-24/h4-9,12,16-17,19-22,24-25,28,30-32,34-35H,10-11H2,1-3H3/b9-6-/t16-,17+,19-,20+,21-,22-,24+,25+,26+,27+/m1/s1. The van der Waals surface area contributed by atoms with Gasteiger partial charge in [-0.25, -0.2) is 9.59 Å². The SMILES string of the molecule is COC(=O)C1=CO[C@@H](O[C@@H]2O[C@H](CO)[C@@H](O)[C@H](O)[C@H]2O)[C@@H]2[C@@](C)(O)[C@@H](OC(=O)/C=C\c3ccc(OC)cc3)C[C@]12O. The molecule has 0 amide bonds. The molecule has 1 aliphatic carbocycles. The summed E-state index contributed by atoms with van der Waals surface area (Å²) < 4.78 is 31.9. The summed E-state index contributed by atoms with van der Waals surface area (Å²) in [5, 5.41) is 63.4. The first-order chi connectivity index (χ1) is 19.4. The van der Waals surface area contributed by atoms with Gasteiger partial charge in [-0.3, -0.25) is 0 Å². The highest BCUT2D eigenvalue weighted by molar-refractivity contribution is 5.91. The quantitative estimate of drug-likeness (QED) is 0.150. The summed E-state index contributed by atoms with van der Waals surface area (Å²) in [6.07, 6.45) is -8.29. The van der Waals surface area contributed by atoms with E-state index in [9.17, 15) is 40.2 Å². The number of rotatable bonds is 8. The summed E-state index contributed by atoms with van der Waals surface area (Å²) >= 11 is 0. The minimum atomic E-state index is -2.21. The van der Waals surface area contributed by atoms with Crippen LogP contribution in [0.5, 0.6) is 5.75 Å². The van der Waals surface area contributed by atoms with Crippen LogP contribution in [0.1, 0.15) is 18.9 Å². The molecule has 2 fully saturated rings. The number of aliphatic hydroxyl groups excluding tert-OH is 4. The van der Waals surface area contributed by atoms with Gasteiger partial charge < -0.3 is 59.1 Å². The van der Waals surface area contributed by atoms with Gasteiger partial charge in [0.2, 0.25) is 6.29 Å². The Hall–Kier alpha value is -3.08. The third kappa shape index (κ3) is 5.82. The summed E-state index contributed by atoms with van der Waals surface area (Å²) in [6.45, 7) is 0.518. The van der Waals surface area contributed by atoms with Gasteiger partial charge in [0.1, 0.15) is 53.0 Å². The molecule has 41 heavy (non-hydrogen) atoms. The van der Waals surface area contributed by atoms with Crippen LogP contribution in [-0.2, 0) is 33.3 Å². The molecule has 3 aliphatic rings. The van der Waals surface area contributed by atoms with Crippen LogP contribution in [0.2, 0.25) is 0 Å². The van der Waals surface area contributed by atoms with Gasteiger partial charge in [0, 0.05) is 12.5 Å². The second-order valence-electron chi connectivity index (χ2n) is 10.2. The smallest absolute Gasteiger partial charge is 0.339 e. The average molecular weight is 583 g/mol. The van der Waals surface area contributed by atoms with Crippen molar-refractivity contribution in [3.8, 4) is 5.75 Å². The van der Waals surface area contributed by atoms with Crippen molar-refractivity contribution in [3.05, 3.63) is 47.7 Å². The number of ether oxygens (including phenoxy) is 6. The van der Waals surface area contributed by atoms with Crippen molar-refractivity contribution >= 4 is 18.0 Å². The number of hydrogen-bond donors (Lipinski definition) is 6. The van der Waals surface area contributed by atoms with Gasteiger partial charge in [-0.15, -0.1) is 0 Å². The first-order valence-corrected chi connectivity index (χ1v) is 12.7. The summed E-state index contributed by atoms with van der Waals surface area (Å²) in [5.41, 5.74) is -4.03. The Bertz CT molecular complexity index is 1160. The highest BCUT2D eigenvalue weighted by Gasteiger charge is 2.69. The highest BCUT2D eigenvalue weighted by atomic mass is 16.8. The maximum absolute atomic E-state index is 12.7. The Morgan fingerprint density at radius 2 is 1.73 bits per heavy atom. The van der Waals surface area contributed by atoms with Crippen LogP contribution in [0.3, 0.4) is 0 Å². The Labute approximate surface area is 234 Å². The molecule has 14 heteroatoms. The molecule has 0 radical (unpaired) electrons. The van der Waals surface area contributed by atoms with Crippen LogP contribution in [0.15, 0.2) is 42.2 Å². The Morgan fingerprint density at radius 1 is 1.05 bits per heavy atom. The lowest BCUT2D eigenvalue weighted by molar-refractivity contribution is -0.352. The third-order valence-corrected chi connectivity index (χ3v) is 7.66. The number of methoxy groups -OCH3 is 2. The highest BCUT2D eigenvalue weighted by Crippen LogP contribution is 2.53. The molecule has 1 aromatic carbocycles. The predicted molar refractivity (Wildman–Crippen MR) is 135 cm³/mol. The van der Waals surface area contributed by atoms with Gasteiger partial charge in [-0.1, -0.05) is 12.1 Å². The van der Waals surface area contributed by atoms with Crippen LogP contribution in [0, 0.1) is 5.92 Å². The molecular formula is C27H34O14. The molecule has 1 saturated heterocycles. The molecule has 226 valence electrons. The molecule has 14 nitrogen and oxygen atoms in total. The normalized spacial score (nSPS) is 38.5. The van der Waals surface area contributed by atoms with Gasteiger partial charge in [-0.2, -0.15) is 0 Å². The number of carbonyl (C=O) groups excluding carboxylic acids is 2. The van der Waals surface area contributed by atoms with Crippen LogP contribution in [-0.4, -0.2) is 118 Å². The Morgan fingerprint density at radius 3 is 2.34 bits per heavy atom. The Balaban J connectivity index is 1.58. The number of aliphatic hydroxyl groups is 6. The summed E-state index contributed by atoms with van der Waals surface area (Å²) in [5.74, 6) is -2.74. The van der Waals surface area contributed by atoms with Crippen molar-refractivity contribution in [2.75, 3.05) is 20.8 Å². The van der Waals surface area contributed by atoms with Crippen molar-refractivity contribution in [1.29, 1.82) is 0 Å². The van der Waals surface area contributed by atoms with E-state index in [2.05, 4.69) is 0 Å². The van der Waals surface area contributed by atoms with E-state index in [-0.39, 0.29) is 5.57 Å². The van der Waals surface area contributed by atoms with Crippen molar-refractivity contribution in [3.63, 3.8) is 0 Å². The zero-order valence-electron chi connectivity index (χ0n) is 22.5. The molecular weight excluding hydrogens is 548 g/mol. The first-order valence-electron chi connectivity index (χ1n) is 12.7. The first kappa shape index (κ1) is 30.9. The predicted octanol–water partition coefficient (Wildman–Crippen LogP) is -1.65. The molecule has 2 heterocycles. The molecule has 0 aromatic heterocycles. The van der Waals surface area contributed by atoms with Gasteiger partial charge in [0.05, 0.1) is 33.0 Å². The molecule has 1 saturated carbocycles. The second kappa shape index (κ2) is 12.0. The van der Waals surface area contributed by atoms with Gasteiger partial charge >= 0.3 is 11.9 Å². The van der Waals surface area contributed by atoms with E-state index in [4.69, 9.17) is 28.4 Å². The van der Waals surface area contributed by atoms with E-state index in [1.165, 1.54) is 20.1 Å². The van der Waals surface area contributed by atoms with Crippen LogP contribution < -0.4 is 4.74 Å². The molecule has 0 spiro atoms. The van der Waals surface area contributed by atoms with Gasteiger partial charge in [0.25, 0.3) is 0 Å². The average Bonchev–Trinajstić information content (AvgIpc) is 3.16. The topological polar surface area (TPSA) is 211 Å². The van der Waals surface area contributed by atoms with E-state index < -0.39 is 85.2 Å². The molecule has 0 unspecified atom stereocenters. The van der Waals surface area contributed by atoms with Gasteiger partial charge in [-0.05, 0) is 30.7 Å². The van der Waals surface area contributed by atoms with E-state index in [1.54, 1.807) is 24.3 Å². The fourth-order valence-electron chi connectivity index (χ4n) is 5.37. The molecule has 6 N–H and O–H groups in total. The fraction of sp³-hybridized carbons (Fsp3) is 0.556.